The van der Waals surface area contributed by atoms with Gasteiger partial charge in [-0.25, -0.2) is 4.79 Å². The highest BCUT2D eigenvalue weighted by Crippen LogP contribution is 2.06. The maximum atomic E-state index is 11.3. The smallest absolute Gasteiger partial charge is 0.329 e. The summed E-state index contributed by atoms with van der Waals surface area (Å²) in [5, 5.41) is 2.56. The van der Waals surface area contributed by atoms with E-state index in [1.165, 1.54) is 19.6 Å². The number of methoxy groups -OCH3 is 1. The molecule has 0 aromatic rings. The summed E-state index contributed by atoms with van der Waals surface area (Å²) in [6.45, 7) is 5.43. The van der Waals surface area contributed by atoms with Crippen LogP contribution in [0, 0.1) is 0 Å². The zero-order chi connectivity index (χ0) is 12.6. The van der Waals surface area contributed by atoms with Crippen molar-refractivity contribution >= 4 is 23.6 Å². The molecule has 1 atom stereocenters. The van der Waals surface area contributed by atoms with Crippen molar-refractivity contribution in [2.75, 3.05) is 18.6 Å². The van der Waals surface area contributed by atoms with Crippen LogP contribution in [0.25, 0.3) is 0 Å². The number of hydrogen-bond acceptors (Lipinski definition) is 4. The fourth-order valence-corrected chi connectivity index (χ4v) is 2.01. The van der Waals surface area contributed by atoms with Crippen molar-refractivity contribution in [2.24, 2.45) is 0 Å². The predicted octanol–water partition coefficient (Wildman–Crippen LogP) is 1.36. The van der Waals surface area contributed by atoms with Crippen LogP contribution in [0.3, 0.4) is 0 Å². The molecule has 0 radical (unpaired) electrons. The molecule has 0 spiro atoms. The Hall–Kier alpha value is -0.970. The molecule has 0 rings (SSSR count). The largest absolute Gasteiger partial charge is 0.467 e. The molecular formula is C11H19NO3S. The molecule has 0 aliphatic rings. The number of rotatable bonds is 6. The minimum atomic E-state index is -0.557. The van der Waals surface area contributed by atoms with Crippen molar-refractivity contribution < 1.29 is 14.3 Å². The Morgan fingerprint density at radius 2 is 2.00 bits per heavy atom. The lowest BCUT2D eigenvalue weighted by molar-refractivity contribution is -0.144. The van der Waals surface area contributed by atoms with E-state index in [0.717, 1.165) is 5.75 Å². The number of hydrogen-bond donors (Lipinski definition) is 1. The number of esters is 1. The third-order valence-electron chi connectivity index (χ3n) is 1.76. The van der Waals surface area contributed by atoms with Crippen LogP contribution < -0.4 is 5.32 Å². The van der Waals surface area contributed by atoms with Crippen molar-refractivity contribution in [1.82, 2.24) is 5.32 Å². The Kier molecular flexibility index (Phi) is 7.72. The monoisotopic (exact) mass is 245 g/mol. The minimum Gasteiger partial charge on any atom is -0.467 e. The first-order chi connectivity index (χ1) is 7.47. The van der Waals surface area contributed by atoms with Crippen LogP contribution in [0.2, 0.25) is 0 Å². The van der Waals surface area contributed by atoms with Crippen LogP contribution in [0.1, 0.15) is 20.8 Å². The van der Waals surface area contributed by atoms with E-state index in [2.05, 4.69) is 16.1 Å². The fraction of sp³-hybridized carbons (Fsp3) is 0.636. The van der Waals surface area contributed by atoms with E-state index >= 15 is 0 Å². The second-order valence-electron chi connectivity index (χ2n) is 3.60. The van der Waals surface area contributed by atoms with Gasteiger partial charge in [0.1, 0.15) is 6.04 Å². The van der Waals surface area contributed by atoms with Crippen molar-refractivity contribution in [1.29, 1.82) is 0 Å². The highest BCUT2D eigenvalue weighted by Gasteiger charge is 2.19. The Balaban J connectivity index is 4.07. The number of thioether (sulfide) groups is 1. The Labute approximate surface area is 101 Å². The van der Waals surface area contributed by atoms with E-state index in [4.69, 9.17) is 0 Å². The van der Waals surface area contributed by atoms with Gasteiger partial charge < -0.3 is 10.1 Å². The van der Waals surface area contributed by atoms with Gasteiger partial charge >= 0.3 is 5.97 Å². The molecule has 1 N–H and O–H groups in total. The van der Waals surface area contributed by atoms with E-state index < -0.39 is 12.0 Å². The molecule has 0 heterocycles. The Bertz CT molecular complexity index is 272. The van der Waals surface area contributed by atoms with E-state index in [1.807, 2.05) is 13.8 Å². The van der Waals surface area contributed by atoms with E-state index in [-0.39, 0.29) is 5.91 Å². The summed E-state index contributed by atoms with van der Waals surface area (Å²) >= 11 is 1.58. The molecular weight excluding hydrogens is 226 g/mol. The highest BCUT2D eigenvalue weighted by molar-refractivity contribution is 7.99. The summed E-state index contributed by atoms with van der Waals surface area (Å²) in [5.74, 6) is 0.726. The lowest BCUT2D eigenvalue weighted by Crippen LogP contribution is -2.42. The van der Waals surface area contributed by atoms with E-state index in [1.54, 1.807) is 11.8 Å². The average Bonchev–Trinajstić information content (AvgIpc) is 2.20. The number of carbonyl (C=O) groups excluding carboxylic acids is 2. The van der Waals surface area contributed by atoms with Crippen LogP contribution in [-0.2, 0) is 14.3 Å². The Morgan fingerprint density at radius 1 is 1.38 bits per heavy atom. The summed E-state index contributed by atoms with van der Waals surface area (Å²) in [4.78, 5) is 22.2. The van der Waals surface area contributed by atoms with Gasteiger partial charge in [-0.3, -0.25) is 4.79 Å². The van der Waals surface area contributed by atoms with Gasteiger partial charge in [0.15, 0.2) is 0 Å². The molecule has 0 bridgehead atoms. The van der Waals surface area contributed by atoms with Gasteiger partial charge in [-0.2, -0.15) is 11.8 Å². The average molecular weight is 245 g/mol. The molecule has 0 saturated heterocycles. The molecule has 4 nitrogen and oxygen atoms in total. The zero-order valence-electron chi connectivity index (χ0n) is 10.2. The molecule has 0 fully saturated rings. The van der Waals surface area contributed by atoms with Gasteiger partial charge in [-0.05, 0) is 13.8 Å². The van der Waals surface area contributed by atoms with Gasteiger partial charge in [0.25, 0.3) is 0 Å². The highest BCUT2D eigenvalue weighted by atomic mass is 32.2. The van der Waals surface area contributed by atoms with Crippen molar-refractivity contribution in [3.63, 3.8) is 0 Å². The Morgan fingerprint density at radius 3 is 2.44 bits per heavy atom. The summed E-state index contributed by atoms with van der Waals surface area (Å²) in [6.07, 6.45) is 2.08. The quantitative estimate of drug-likeness (QED) is 0.436. The van der Waals surface area contributed by atoms with Crippen LogP contribution in [0.5, 0.6) is 0 Å². The molecule has 0 saturated carbocycles. The topological polar surface area (TPSA) is 55.4 Å². The second-order valence-corrected chi connectivity index (χ2v) is 4.67. The number of ether oxygens (including phenoxy) is 1. The molecule has 16 heavy (non-hydrogen) atoms. The molecule has 1 amide bonds. The fourth-order valence-electron chi connectivity index (χ4n) is 0.968. The lowest BCUT2D eigenvalue weighted by Gasteiger charge is -2.14. The SMILES string of the molecule is COC(=O)[C@H](CSCC=C(C)C)NC(C)=O. The van der Waals surface area contributed by atoms with Crippen LogP contribution in [-0.4, -0.2) is 36.5 Å². The maximum absolute atomic E-state index is 11.3. The minimum absolute atomic E-state index is 0.224. The molecule has 92 valence electrons. The van der Waals surface area contributed by atoms with E-state index in [9.17, 15) is 9.59 Å². The van der Waals surface area contributed by atoms with E-state index in [0.29, 0.717) is 5.75 Å². The van der Waals surface area contributed by atoms with Crippen LogP contribution >= 0.6 is 11.8 Å². The van der Waals surface area contributed by atoms with Crippen molar-refractivity contribution in [2.45, 2.75) is 26.8 Å². The van der Waals surface area contributed by atoms with Crippen LogP contribution in [0.15, 0.2) is 11.6 Å². The first kappa shape index (κ1) is 15.0. The maximum Gasteiger partial charge on any atom is 0.329 e. The molecule has 5 heteroatoms. The van der Waals surface area contributed by atoms with Gasteiger partial charge in [0, 0.05) is 18.4 Å². The van der Waals surface area contributed by atoms with Gasteiger partial charge in [-0.1, -0.05) is 11.6 Å². The zero-order valence-corrected chi connectivity index (χ0v) is 11.0. The summed E-state index contributed by atoms with van der Waals surface area (Å²) < 4.78 is 4.61. The standard InChI is InChI=1S/C11H19NO3S/c1-8(2)5-6-16-7-10(11(14)15-4)12-9(3)13/h5,10H,6-7H2,1-4H3,(H,12,13)/t10-/m0/s1. The third kappa shape index (κ3) is 7.34. The first-order valence-corrected chi connectivity index (χ1v) is 6.19. The van der Waals surface area contributed by atoms with Crippen LogP contribution in [0.4, 0.5) is 0 Å². The normalized spacial score (nSPS) is 11.5. The van der Waals surface area contributed by atoms with Gasteiger partial charge in [0.05, 0.1) is 7.11 Å². The molecule has 0 unspecified atom stereocenters. The van der Waals surface area contributed by atoms with Gasteiger partial charge in [0.2, 0.25) is 5.91 Å². The lowest BCUT2D eigenvalue weighted by atomic mass is 10.3. The number of carbonyl (C=O) groups is 2. The molecule has 0 aromatic heterocycles. The molecule has 0 aliphatic carbocycles. The summed E-state index contributed by atoms with van der Waals surface area (Å²) in [5.41, 5.74) is 1.24. The van der Waals surface area contributed by atoms with Crippen molar-refractivity contribution in [3.05, 3.63) is 11.6 Å². The second kappa shape index (κ2) is 8.21. The summed E-state index contributed by atoms with van der Waals surface area (Å²) in [7, 11) is 1.32. The number of allylic oxidation sites excluding steroid dienone is 1. The summed E-state index contributed by atoms with van der Waals surface area (Å²) in [6, 6.07) is -0.557. The number of nitrogens with one attached hydrogen (secondary N) is 1. The third-order valence-corrected chi connectivity index (χ3v) is 2.73. The van der Waals surface area contributed by atoms with Crippen molar-refractivity contribution in [3.8, 4) is 0 Å². The number of amides is 1. The molecule has 0 aromatic carbocycles. The molecule has 0 aliphatic heterocycles. The van der Waals surface area contributed by atoms with Gasteiger partial charge in [-0.15, -0.1) is 0 Å². The predicted molar refractivity (Wildman–Crippen MR) is 66.4 cm³/mol. The first-order valence-electron chi connectivity index (χ1n) is 5.03.